The van der Waals surface area contributed by atoms with Gasteiger partial charge >= 0.3 is 5.97 Å². The summed E-state index contributed by atoms with van der Waals surface area (Å²) in [4.78, 5) is 28.2. The van der Waals surface area contributed by atoms with Crippen LogP contribution in [0.2, 0.25) is 0 Å². The lowest BCUT2D eigenvalue weighted by molar-refractivity contribution is 0.0600. The van der Waals surface area contributed by atoms with E-state index in [2.05, 4.69) is 26.4 Å². The van der Waals surface area contributed by atoms with Crippen molar-refractivity contribution in [1.82, 2.24) is 4.98 Å². The number of carbonyl (C=O) groups excluding carboxylic acids is 2. The number of methoxy groups -OCH3 is 1. The number of rotatable bonds is 5. The first-order valence-corrected chi connectivity index (χ1v) is 8.76. The third-order valence-electron chi connectivity index (χ3n) is 4.08. The summed E-state index contributed by atoms with van der Waals surface area (Å²) in [6.45, 7) is 3.98. The van der Waals surface area contributed by atoms with Gasteiger partial charge in [0.15, 0.2) is 0 Å². The zero-order valence-corrected chi connectivity index (χ0v) is 15.9. The van der Waals surface area contributed by atoms with Crippen LogP contribution in [0.5, 0.6) is 0 Å². The number of nitrogens with zero attached hydrogens (tertiary/aromatic N) is 1. The van der Waals surface area contributed by atoms with Gasteiger partial charge in [-0.15, -0.1) is 0 Å². The number of benzene rings is 2. The van der Waals surface area contributed by atoms with Crippen LogP contribution in [0, 0.1) is 13.8 Å². The van der Waals surface area contributed by atoms with Crippen molar-refractivity contribution in [3.05, 3.63) is 83.0 Å². The van der Waals surface area contributed by atoms with Crippen LogP contribution in [0.1, 0.15) is 31.8 Å². The lowest BCUT2D eigenvalue weighted by atomic mass is 10.1. The number of hydrogen-bond acceptors (Lipinski definition) is 5. The summed E-state index contributed by atoms with van der Waals surface area (Å²) in [5.41, 5.74) is 4.64. The standard InChI is InChI=1S/C22H21N3O3/c1-14-10-15(2)12-19(11-14)25-21(26)17-6-9-20(23-13-17)24-18-7-4-16(5-8-18)22(27)28-3/h4-13H,1-3H3,(H,23,24)(H,25,26). The number of esters is 1. The van der Waals surface area contributed by atoms with Crippen LogP contribution >= 0.6 is 0 Å². The van der Waals surface area contributed by atoms with Gasteiger partial charge in [-0.1, -0.05) is 6.07 Å². The Morgan fingerprint density at radius 1 is 0.857 bits per heavy atom. The smallest absolute Gasteiger partial charge is 0.337 e. The fourth-order valence-corrected chi connectivity index (χ4v) is 2.81. The Morgan fingerprint density at radius 3 is 2.07 bits per heavy atom. The van der Waals surface area contributed by atoms with Gasteiger partial charge in [-0.3, -0.25) is 4.79 Å². The van der Waals surface area contributed by atoms with Crippen molar-refractivity contribution < 1.29 is 14.3 Å². The molecule has 28 heavy (non-hydrogen) atoms. The molecule has 1 aromatic heterocycles. The normalized spacial score (nSPS) is 10.2. The van der Waals surface area contributed by atoms with Crippen molar-refractivity contribution in [3.63, 3.8) is 0 Å². The molecule has 0 saturated carbocycles. The molecular formula is C22H21N3O3. The molecule has 0 fully saturated rings. The second-order valence-electron chi connectivity index (χ2n) is 6.46. The van der Waals surface area contributed by atoms with Crippen LogP contribution in [0.15, 0.2) is 60.8 Å². The number of amides is 1. The van der Waals surface area contributed by atoms with Crippen LogP contribution in [0.3, 0.4) is 0 Å². The van der Waals surface area contributed by atoms with Gasteiger partial charge in [-0.2, -0.15) is 0 Å². The number of aromatic nitrogens is 1. The van der Waals surface area contributed by atoms with Gasteiger partial charge in [0, 0.05) is 17.6 Å². The second-order valence-corrected chi connectivity index (χ2v) is 6.46. The van der Waals surface area contributed by atoms with E-state index >= 15 is 0 Å². The molecule has 0 bridgehead atoms. The molecule has 6 heteroatoms. The molecule has 0 unspecified atom stereocenters. The van der Waals surface area contributed by atoms with Gasteiger partial charge < -0.3 is 15.4 Å². The van der Waals surface area contributed by atoms with Crippen LogP contribution in [-0.2, 0) is 4.74 Å². The number of hydrogen-bond donors (Lipinski definition) is 2. The Morgan fingerprint density at radius 2 is 1.50 bits per heavy atom. The van der Waals surface area contributed by atoms with E-state index in [1.54, 1.807) is 36.4 Å². The molecule has 0 radical (unpaired) electrons. The molecule has 2 aromatic carbocycles. The summed E-state index contributed by atoms with van der Waals surface area (Å²) in [5.74, 6) is -0.0101. The maximum atomic E-state index is 12.4. The van der Waals surface area contributed by atoms with E-state index in [1.165, 1.54) is 13.3 Å². The molecular weight excluding hydrogens is 354 g/mol. The molecule has 2 N–H and O–H groups in total. The molecule has 0 saturated heterocycles. The Labute approximate surface area is 163 Å². The van der Waals surface area contributed by atoms with Crippen molar-refractivity contribution in [2.75, 3.05) is 17.7 Å². The second kappa shape index (κ2) is 8.35. The molecule has 1 heterocycles. The van der Waals surface area contributed by atoms with Crippen molar-refractivity contribution in [3.8, 4) is 0 Å². The fraction of sp³-hybridized carbons (Fsp3) is 0.136. The van der Waals surface area contributed by atoms with E-state index in [1.807, 2.05) is 26.0 Å². The number of anilines is 3. The quantitative estimate of drug-likeness (QED) is 0.643. The number of aryl methyl sites for hydroxylation is 2. The van der Waals surface area contributed by atoms with Gasteiger partial charge in [0.25, 0.3) is 5.91 Å². The summed E-state index contributed by atoms with van der Waals surface area (Å²) < 4.78 is 4.68. The molecule has 0 spiro atoms. The van der Waals surface area contributed by atoms with Crippen molar-refractivity contribution >= 4 is 29.1 Å². The van der Waals surface area contributed by atoms with E-state index in [-0.39, 0.29) is 11.9 Å². The molecule has 1 amide bonds. The average molecular weight is 375 g/mol. The van der Waals surface area contributed by atoms with Crippen molar-refractivity contribution in [2.24, 2.45) is 0 Å². The maximum absolute atomic E-state index is 12.4. The molecule has 6 nitrogen and oxygen atoms in total. The summed E-state index contributed by atoms with van der Waals surface area (Å²) in [6.07, 6.45) is 1.52. The number of ether oxygens (including phenoxy) is 1. The van der Waals surface area contributed by atoms with Gasteiger partial charge in [0.1, 0.15) is 5.82 Å². The first-order chi connectivity index (χ1) is 13.4. The highest BCUT2D eigenvalue weighted by atomic mass is 16.5. The molecule has 0 aliphatic heterocycles. The SMILES string of the molecule is COC(=O)c1ccc(Nc2ccc(C(=O)Nc3cc(C)cc(C)c3)cn2)cc1. The van der Waals surface area contributed by atoms with Gasteiger partial charge in [0.05, 0.1) is 18.2 Å². The van der Waals surface area contributed by atoms with Crippen LogP contribution in [-0.4, -0.2) is 24.0 Å². The molecule has 0 atom stereocenters. The van der Waals surface area contributed by atoms with Crippen LogP contribution in [0.4, 0.5) is 17.2 Å². The maximum Gasteiger partial charge on any atom is 0.337 e. The van der Waals surface area contributed by atoms with Crippen molar-refractivity contribution in [1.29, 1.82) is 0 Å². The Balaban J connectivity index is 1.65. The minimum absolute atomic E-state index is 0.216. The number of pyridine rings is 1. The largest absolute Gasteiger partial charge is 0.465 e. The first kappa shape index (κ1) is 19.1. The summed E-state index contributed by atoms with van der Waals surface area (Å²) in [7, 11) is 1.34. The van der Waals surface area contributed by atoms with E-state index in [0.29, 0.717) is 16.9 Å². The molecule has 3 aromatic rings. The topological polar surface area (TPSA) is 80.3 Å². The molecule has 0 aliphatic carbocycles. The molecule has 142 valence electrons. The predicted molar refractivity (Wildman–Crippen MR) is 109 cm³/mol. The number of nitrogens with one attached hydrogen (secondary N) is 2. The molecule has 0 aliphatic rings. The lowest BCUT2D eigenvalue weighted by Gasteiger charge is -2.09. The third-order valence-corrected chi connectivity index (χ3v) is 4.08. The van der Waals surface area contributed by atoms with Gasteiger partial charge in [-0.05, 0) is 73.5 Å². The average Bonchev–Trinajstić information content (AvgIpc) is 2.67. The van der Waals surface area contributed by atoms with E-state index in [9.17, 15) is 9.59 Å². The highest BCUT2D eigenvalue weighted by molar-refractivity contribution is 6.04. The Bertz CT molecular complexity index is 976. The Hall–Kier alpha value is -3.67. The van der Waals surface area contributed by atoms with Gasteiger partial charge in [-0.25, -0.2) is 9.78 Å². The highest BCUT2D eigenvalue weighted by Crippen LogP contribution is 2.18. The fourth-order valence-electron chi connectivity index (χ4n) is 2.81. The summed E-state index contributed by atoms with van der Waals surface area (Å²) in [5, 5.41) is 6.01. The minimum Gasteiger partial charge on any atom is -0.465 e. The summed E-state index contributed by atoms with van der Waals surface area (Å²) >= 11 is 0. The first-order valence-electron chi connectivity index (χ1n) is 8.76. The van der Waals surface area contributed by atoms with Crippen LogP contribution < -0.4 is 10.6 Å². The van der Waals surface area contributed by atoms with Crippen LogP contribution in [0.25, 0.3) is 0 Å². The zero-order chi connectivity index (χ0) is 20.1. The third kappa shape index (κ3) is 4.73. The Kier molecular flexibility index (Phi) is 5.69. The van der Waals surface area contributed by atoms with E-state index < -0.39 is 0 Å². The van der Waals surface area contributed by atoms with E-state index in [4.69, 9.17) is 0 Å². The lowest BCUT2D eigenvalue weighted by Crippen LogP contribution is -2.12. The highest BCUT2D eigenvalue weighted by Gasteiger charge is 2.08. The minimum atomic E-state index is -0.385. The molecule has 3 rings (SSSR count). The van der Waals surface area contributed by atoms with Gasteiger partial charge in [0.2, 0.25) is 0 Å². The predicted octanol–water partition coefficient (Wildman–Crippen LogP) is 4.48. The van der Waals surface area contributed by atoms with Crippen molar-refractivity contribution in [2.45, 2.75) is 13.8 Å². The number of carbonyl (C=O) groups is 2. The zero-order valence-electron chi connectivity index (χ0n) is 15.9. The van der Waals surface area contributed by atoms with E-state index in [0.717, 1.165) is 22.5 Å². The summed E-state index contributed by atoms with van der Waals surface area (Å²) in [6, 6.07) is 16.2. The monoisotopic (exact) mass is 375 g/mol.